The highest BCUT2D eigenvalue weighted by Gasteiger charge is 2.13. The van der Waals surface area contributed by atoms with Crippen molar-refractivity contribution >= 4 is 16.9 Å². The third-order valence-electron chi connectivity index (χ3n) is 3.70. The summed E-state index contributed by atoms with van der Waals surface area (Å²) in [7, 11) is 0. The molecule has 2 aromatic carbocycles. The first-order valence-corrected chi connectivity index (χ1v) is 7.61. The van der Waals surface area contributed by atoms with Crippen molar-refractivity contribution in [3.8, 4) is 6.07 Å². The van der Waals surface area contributed by atoms with Crippen molar-refractivity contribution in [3.05, 3.63) is 77.1 Å². The lowest BCUT2D eigenvalue weighted by atomic mass is 9.95. The van der Waals surface area contributed by atoms with E-state index in [1.165, 1.54) is 0 Å². The predicted molar refractivity (Wildman–Crippen MR) is 99.4 cm³/mol. The quantitative estimate of drug-likeness (QED) is 0.427. The molecular weight excluding hydrogens is 298 g/mol. The van der Waals surface area contributed by atoms with Gasteiger partial charge in [0.25, 0.3) is 0 Å². The minimum absolute atomic E-state index is 0.158. The van der Waals surface area contributed by atoms with E-state index in [2.05, 4.69) is 18.0 Å². The van der Waals surface area contributed by atoms with Crippen LogP contribution in [0.3, 0.4) is 0 Å². The Balaban J connectivity index is 2.44. The van der Waals surface area contributed by atoms with Crippen LogP contribution >= 0.6 is 0 Å². The van der Waals surface area contributed by atoms with Crippen LogP contribution in [0.5, 0.6) is 0 Å². The van der Waals surface area contributed by atoms with Crippen molar-refractivity contribution in [3.63, 3.8) is 0 Å². The van der Waals surface area contributed by atoms with E-state index in [1.54, 1.807) is 13.0 Å². The fourth-order valence-corrected chi connectivity index (χ4v) is 2.59. The maximum Gasteiger partial charge on any atom is 0.101 e. The third kappa shape index (κ3) is 3.76. The van der Waals surface area contributed by atoms with E-state index in [1.807, 2.05) is 43.3 Å². The monoisotopic (exact) mass is 319 g/mol. The zero-order valence-corrected chi connectivity index (χ0v) is 13.9. The van der Waals surface area contributed by atoms with Gasteiger partial charge in [0.2, 0.25) is 0 Å². The highest BCUT2D eigenvalue weighted by atomic mass is 16.3. The molecule has 0 aliphatic carbocycles. The van der Waals surface area contributed by atoms with Crippen molar-refractivity contribution in [1.82, 2.24) is 0 Å². The van der Waals surface area contributed by atoms with Gasteiger partial charge in [-0.15, -0.1) is 0 Å². The van der Waals surface area contributed by atoms with Gasteiger partial charge < -0.3 is 16.2 Å². The first kappa shape index (κ1) is 17.2. The Hall–Kier alpha value is -3.19. The van der Waals surface area contributed by atoms with Gasteiger partial charge in [-0.2, -0.15) is 5.26 Å². The molecular formula is C20H21N3O. The van der Waals surface area contributed by atoms with Crippen LogP contribution in [0.1, 0.15) is 30.5 Å². The number of nitrogen functional groups attached to an aromatic ring is 1. The van der Waals surface area contributed by atoms with Gasteiger partial charge in [-0.3, -0.25) is 0 Å². The van der Waals surface area contributed by atoms with E-state index in [-0.39, 0.29) is 5.76 Å². The number of nitrogens with two attached hydrogens (primary N) is 1. The average molecular weight is 319 g/mol. The topological polar surface area (TPSA) is 82.1 Å². The summed E-state index contributed by atoms with van der Waals surface area (Å²) < 4.78 is 0. The summed E-state index contributed by atoms with van der Waals surface area (Å²) in [5.74, 6) is 0.158. The van der Waals surface area contributed by atoms with Crippen molar-refractivity contribution in [2.24, 2.45) is 0 Å². The minimum Gasteiger partial charge on any atom is -0.512 e. The average Bonchev–Trinajstić information content (AvgIpc) is 2.55. The van der Waals surface area contributed by atoms with Crippen molar-refractivity contribution in [2.75, 3.05) is 11.1 Å². The Bertz CT molecular complexity index is 826. The van der Waals surface area contributed by atoms with E-state index in [9.17, 15) is 10.4 Å². The molecule has 0 spiro atoms. The lowest BCUT2D eigenvalue weighted by Crippen LogP contribution is -2.05. The fourth-order valence-electron chi connectivity index (χ4n) is 2.59. The van der Waals surface area contributed by atoms with Crippen LogP contribution in [0.25, 0.3) is 5.57 Å². The summed E-state index contributed by atoms with van der Waals surface area (Å²) in [6.07, 6.45) is 0. The number of aliphatic hydroxyl groups excluding tert-OH is 1. The molecule has 0 atom stereocenters. The number of hydrogen-bond acceptors (Lipinski definition) is 4. The number of nitrogens with zero attached hydrogens (tertiary/aromatic N) is 1. The van der Waals surface area contributed by atoms with E-state index < -0.39 is 0 Å². The number of aliphatic hydroxyl groups is 1. The van der Waals surface area contributed by atoms with E-state index in [0.717, 1.165) is 11.1 Å². The lowest BCUT2D eigenvalue weighted by molar-refractivity contribution is 0.417. The maximum atomic E-state index is 9.95. The number of anilines is 2. The van der Waals surface area contributed by atoms with Crippen LogP contribution in [0.2, 0.25) is 0 Å². The summed E-state index contributed by atoms with van der Waals surface area (Å²) in [5.41, 5.74) is 10.7. The zero-order valence-electron chi connectivity index (χ0n) is 13.9. The number of hydrogen-bond donors (Lipinski definition) is 3. The number of nitriles is 1. The molecule has 0 heterocycles. The van der Waals surface area contributed by atoms with Gasteiger partial charge in [-0.1, -0.05) is 36.9 Å². The van der Waals surface area contributed by atoms with Crippen molar-refractivity contribution in [1.29, 1.82) is 5.26 Å². The molecule has 4 heteroatoms. The van der Waals surface area contributed by atoms with Gasteiger partial charge >= 0.3 is 0 Å². The Kier molecular flexibility index (Phi) is 5.28. The molecule has 2 rings (SSSR count). The summed E-state index contributed by atoms with van der Waals surface area (Å²) >= 11 is 0. The predicted octanol–water partition coefficient (Wildman–Crippen LogP) is 4.62. The maximum absolute atomic E-state index is 9.95. The van der Waals surface area contributed by atoms with Gasteiger partial charge in [0, 0.05) is 12.1 Å². The van der Waals surface area contributed by atoms with Gasteiger partial charge in [0.15, 0.2) is 0 Å². The summed E-state index contributed by atoms with van der Waals surface area (Å²) in [4.78, 5) is 0. The molecule has 0 aliphatic rings. The SMILES string of the molecule is C=C(C)/C(=C(/C)O)c1cc(C#N)c(N)c(NCc2ccccc2)c1. The molecule has 0 amide bonds. The second kappa shape index (κ2) is 7.38. The number of nitrogens with one attached hydrogen (secondary N) is 1. The summed E-state index contributed by atoms with van der Waals surface area (Å²) in [5, 5.41) is 22.6. The van der Waals surface area contributed by atoms with Crippen LogP contribution in [0, 0.1) is 11.3 Å². The molecule has 0 unspecified atom stereocenters. The van der Waals surface area contributed by atoms with Gasteiger partial charge in [0.05, 0.1) is 22.7 Å². The molecule has 2 aromatic rings. The molecule has 0 saturated carbocycles. The van der Waals surface area contributed by atoms with E-state index in [4.69, 9.17) is 5.73 Å². The second-order valence-corrected chi connectivity index (χ2v) is 5.68. The largest absolute Gasteiger partial charge is 0.512 e. The van der Waals surface area contributed by atoms with Crippen LogP contribution < -0.4 is 11.1 Å². The third-order valence-corrected chi connectivity index (χ3v) is 3.70. The Morgan fingerprint density at radius 2 is 1.92 bits per heavy atom. The molecule has 0 aromatic heterocycles. The van der Waals surface area contributed by atoms with Crippen LogP contribution in [0.4, 0.5) is 11.4 Å². The highest BCUT2D eigenvalue weighted by Crippen LogP contribution is 2.32. The Labute approximate surface area is 142 Å². The molecule has 0 saturated heterocycles. The normalized spacial score (nSPS) is 11.4. The minimum atomic E-state index is 0.158. The van der Waals surface area contributed by atoms with Crippen molar-refractivity contribution < 1.29 is 5.11 Å². The van der Waals surface area contributed by atoms with Gasteiger partial charge in [-0.05, 0) is 42.7 Å². The van der Waals surface area contributed by atoms with E-state index in [0.29, 0.717) is 34.6 Å². The van der Waals surface area contributed by atoms with Crippen LogP contribution in [-0.4, -0.2) is 5.11 Å². The molecule has 24 heavy (non-hydrogen) atoms. The Morgan fingerprint density at radius 3 is 2.46 bits per heavy atom. The molecule has 122 valence electrons. The van der Waals surface area contributed by atoms with Gasteiger partial charge in [0.1, 0.15) is 6.07 Å². The number of allylic oxidation sites excluding steroid dienone is 3. The highest BCUT2D eigenvalue weighted by molar-refractivity contribution is 5.85. The molecule has 0 radical (unpaired) electrons. The number of benzene rings is 2. The van der Waals surface area contributed by atoms with Crippen LogP contribution in [0.15, 0.2) is 60.4 Å². The lowest BCUT2D eigenvalue weighted by Gasteiger charge is -2.15. The standard InChI is InChI=1S/C20H21N3O/c1-13(2)19(14(3)24)16-9-17(11-21)20(22)18(10-16)23-12-15-7-5-4-6-8-15/h4-10,23-24H,1,12,22H2,2-3H3/b19-14+. The Morgan fingerprint density at radius 1 is 1.25 bits per heavy atom. The fraction of sp³-hybridized carbons (Fsp3) is 0.150. The summed E-state index contributed by atoms with van der Waals surface area (Å²) in [6, 6.07) is 15.5. The molecule has 0 aliphatic heterocycles. The molecule has 4 N–H and O–H groups in total. The van der Waals surface area contributed by atoms with Crippen LogP contribution in [-0.2, 0) is 6.54 Å². The first-order valence-electron chi connectivity index (χ1n) is 7.61. The smallest absolute Gasteiger partial charge is 0.101 e. The molecule has 0 bridgehead atoms. The summed E-state index contributed by atoms with van der Waals surface area (Å²) in [6.45, 7) is 7.90. The van der Waals surface area contributed by atoms with Gasteiger partial charge in [-0.25, -0.2) is 0 Å². The number of rotatable bonds is 5. The molecule has 0 fully saturated rings. The second-order valence-electron chi connectivity index (χ2n) is 5.68. The van der Waals surface area contributed by atoms with Crippen molar-refractivity contribution in [2.45, 2.75) is 20.4 Å². The first-order chi connectivity index (χ1) is 11.4. The van der Waals surface area contributed by atoms with E-state index >= 15 is 0 Å². The molecule has 4 nitrogen and oxygen atoms in total. The zero-order chi connectivity index (χ0) is 17.7.